The molecule has 1 amide bonds. The van der Waals surface area contributed by atoms with Gasteiger partial charge < -0.3 is 4.90 Å². The van der Waals surface area contributed by atoms with E-state index < -0.39 is 0 Å². The van der Waals surface area contributed by atoms with Gasteiger partial charge in [-0.2, -0.15) is 0 Å². The molecular weight excluding hydrogens is 216 g/mol. The molecule has 0 aliphatic rings. The Morgan fingerprint density at radius 2 is 2.18 bits per heavy atom. The Balaban J connectivity index is 2.91. The third-order valence-electron chi connectivity index (χ3n) is 2.34. The van der Waals surface area contributed by atoms with Crippen LogP contribution in [0.2, 0.25) is 0 Å². The van der Waals surface area contributed by atoms with E-state index in [2.05, 4.69) is 21.1 Å². The van der Waals surface area contributed by atoms with Gasteiger partial charge in [-0.3, -0.25) is 9.89 Å². The highest BCUT2D eigenvalue weighted by Crippen LogP contribution is 2.17. The molecule has 1 N–H and O–H groups in total. The topological polar surface area (TPSA) is 61.9 Å². The summed E-state index contributed by atoms with van der Waals surface area (Å²) in [6.45, 7) is 8.69. The van der Waals surface area contributed by atoms with E-state index in [9.17, 15) is 4.79 Å². The van der Waals surface area contributed by atoms with Crippen molar-refractivity contribution in [3.05, 3.63) is 11.6 Å². The summed E-state index contributed by atoms with van der Waals surface area (Å²) in [4.78, 5) is 17.7. The van der Waals surface area contributed by atoms with Gasteiger partial charge in [0.25, 0.3) is 5.91 Å². The SMILES string of the molecule is C#CCN(CC)C(=O)c1n[nH]c(C(C)(C)C)n1. The molecule has 0 saturated carbocycles. The fourth-order valence-electron chi connectivity index (χ4n) is 1.27. The summed E-state index contributed by atoms with van der Waals surface area (Å²) in [5.74, 6) is 3.07. The lowest BCUT2D eigenvalue weighted by Gasteiger charge is -2.15. The largest absolute Gasteiger partial charge is 0.325 e. The van der Waals surface area contributed by atoms with Crippen molar-refractivity contribution in [2.45, 2.75) is 33.1 Å². The van der Waals surface area contributed by atoms with Crippen molar-refractivity contribution < 1.29 is 4.79 Å². The van der Waals surface area contributed by atoms with E-state index in [1.807, 2.05) is 27.7 Å². The maximum atomic E-state index is 12.0. The number of aromatic amines is 1. The standard InChI is InChI=1S/C12H18N4O/c1-6-8-16(7-2)10(17)9-13-11(15-14-9)12(3,4)5/h1H,7-8H2,2-5H3,(H,13,14,15). The third-order valence-corrected chi connectivity index (χ3v) is 2.34. The van der Waals surface area contributed by atoms with Crippen molar-refractivity contribution in [1.82, 2.24) is 20.1 Å². The van der Waals surface area contributed by atoms with E-state index in [1.54, 1.807) is 0 Å². The molecule has 0 aliphatic heterocycles. The number of amides is 1. The number of carbonyl (C=O) groups excluding carboxylic acids is 1. The molecule has 92 valence electrons. The van der Waals surface area contributed by atoms with Gasteiger partial charge in [-0.25, -0.2) is 4.98 Å². The van der Waals surface area contributed by atoms with Crippen LogP contribution in [0.15, 0.2) is 0 Å². The fourth-order valence-corrected chi connectivity index (χ4v) is 1.27. The highest BCUT2D eigenvalue weighted by atomic mass is 16.2. The van der Waals surface area contributed by atoms with Crippen LogP contribution in [0.5, 0.6) is 0 Å². The number of nitrogens with zero attached hydrogens (tertiary/aromatic N) is 3. The van der Waals surface area contributed by atoms with Crippen molar-refractivity contribution >= 4 is 5.91 Å². The summed E-state index contributed by atoms with van der Waals surface area (Å²) in [6, 6.07) is 0. The fraction of sp³-hybridized carbons (Fsp3) is 0.583. The Morgan fingerprint density at radius 1 is 1.53 bits per heavy atom. The predicted octanol–water partition coefficient (Wildman–Crippen LogP) is 1.20. The number of hydrogen-bond acceptors (Lipinski definition) is 3. The van der Waals surface area contributed by atoms with Crippen molar-refractivity contribution in [1.29, 1.82) is 0 Å². The van der Waals surface area contributed by atoms with Gasteiger partial charge in [-0.05, 0) is 6.92 Å². The lowest BCUT2D eigenvalue weighted by molar-refractivity contribution is 0.0773. The van der Waals surface area contributed by atoms with Crippen molar-refractivity contribution in [3.8, 4) is 12.3 Å². The van der Waals surface area contributed by atoms with Gasteiger partial charge in [0.05, 0.1) is 6.54 Å². The lowest BCUT2D eigenvalue weighted by Crippen LogP contribution is -2.32. The number of H-pyrrole nitrogens is 1. The third kappa shape index (κ3) is 3.06. The summed E-state index contributed by atoms with van der Waals surface area (Å²) < 4.78 is 0. The van der Waals surface area contributed by atoms with E-state index in [4.69, 9.17) is 6.42 Å². The number of terminal acetylenes is 1. The van der Waals surface area contributed by atoms with Gasteiger partial charge in [-0.1, -0.05) is 26.7 Å². The minimum absolute atomic E-state index is 0.158. The summed E-state index contributed by atoms with van der Waals surface area (Å²) >= 11 is 0. The zero-order valence-corrected chi connectivity index (χ0v) is 10.7. The van der Waals surface area contributed by atoms with Crippen LogP contribution >= 0.6 is 0 Å². The van der Waals surface area contributed by atoms with E-state index >= 15 is 0 Å². The quantitative estimate of drug-likeness (QED) is 0.799. The molecule has 1 aromatic rings. The molecule has 0 radical (unpaired) electrons. The molecule has 5 heteroatoms. The predicted molar refractivity (Wildman–Crippen MR) is 65.5 cm³/mol. The van der Waals surface area contributed by atoms with Crippen LogP contribution in [0.4, 0.5) is 0 Å². The van der Waals surface area contributed by atoms with Crippen LogP contribution in [0.3, 0.4) is 0 Å². The second kappa shape index (κ2) is 5.00. The molecule has 0 aromatic carbocycles. The van der Waals surface area contributed by atoms with E-state index in [-0.39, 0.29) is 23.7 Å². The molecule has 0 fully saturated rings. The van der Waals surface area contributed by atoms with Crippen LogP contribution in [0.1, 0.15) is 44.1 Å². The maximum absolute atomic E-state index is 12.0. The minimum atomic E-state index is -0.239. The number of carbonyl (C=O) groups is 1. The van der Waals surface area contributed by atoms with E-state index in [1.165, 1.54) is 4.90 Å². The summed E-state index contributed by atoms with van der Waals surface area (Å²) in [7, 11) is 0. The van der Waals surface area contributed by atoms with Gasteiger partial charge in [0.2, 0.25) is 5.82 Å². The molecule has 5 nitrogen and oxygen atoms in total. The Kier molecular flexibility index (Phi) is 3.89. The number of hydrogen-bond donors (Lipinski definition) is 1. The first-order chi connectivity index (χ1) is 7.90. The van der Waals surface area contributed by atoms with Crippen molar-refractivity contribution in [2.24, 2.45) is 0 Å². The zero-order valence-electron chi connectivity index (χ0n) is 10.7. The second-order valence-corrected chi connectivity index (χ2v) is 4.78. The van der Waals surface area contributed by atoms with Gasteiger partial charge in [0.1, 0.15) is 5.82 Å². The molecule has 0 saturated heterocycles. The molecule has 0 aliphatic carbocycles. The molecule has 0 atom stereocenters. The van der Waals surface area contributed by atoms with Gasteiger partial charge in [0.15, 0.2) is 0 Å². The number of aromatic nitrogens is 3. The van der Waals surface area contributed by atoms with E-state index in [0.29, 0.717) is 12.4 Å². The number of rotatable bonds is 3. The molecular formula is C12H18N4O. The van der Waals surface area contributed by atoms with Crippen LogP contribution in [-0.2, 0) is 5.41 Å². The Hall–Kier alpha value is -1.83. The van der Waals surface area contributed by atoms with Crippen LogP contribution < -0.4 is 0 Å². The molecule has 1 heterocycles. The minimum Gasteiger partial charge on any atom is -0.325 e. The van der Waals surface area contributed by atoms with Crippen LogP contribution in [0.25, 0.3) is 0 Å². The highest BCUT2D eigenvalue weighted by Gasteiger charge is 2.23. The molecule has 0 bridgehead atoms. The Labute approximate surface area is 102 Å². The number of nitrogens with one attached hydrogen (secondary N) is 1. The molecule has 0 unspecified atom stereocenters. The lowest BCUT2D eigenvalue weighted by atomic mass is 9.96. The van der Waals surface area contributed by atoms with Gasteiger partial charge in [0, 0.05) is 12.0 Å². The average Bonchev–Trinajstić information content (AvgIpc) is 2.73. The first kappa shape index (κ1) is 13.2. The van der Waals surface area contributed by atoms with Crippen LogP contribution in [0, 0.1) is 12.3 Å². The van der Waals surface area contributed by atoms with Crippen LogP contribution in [-0.4, -0.2) is 39.1 Å². The maximum Gasteiger partial charge on any atom is 0.294 e. The smallest absolute Gasteiger partial charge is 0.294 e. The first-order valence-corrected chi connectivity index (χ1v) is 5.55. The van der Waals surface area contributed by atoms with E-state index in [0.717, 1.165) is 0 Å². The van der Waals surface area contributed by atoms with Gasteiger partial charge in [-0.15, -0.1) is 11.5 Å². The first-order valence-electron chi connectivity index (χ1n) is 5.55. The van der Waals surface area contributed by atoms with Crippen molar-refractivity contribution in [3.63, 3.8) is 0 Å². The molecule has 17 heavy (non-hydrogen) atoms. The van der Waals surface area contributed by atoms with Gasteiger partial charge >= 0.3 is 0 Å². The monoisotopic (exact) mass is 234 g/mol. The summed E-state index contributed by atoms with van der Waals surface area (Å²) in [5, 5.41) is 6.73. The molecule has 1 aromatic heterocycles. The molecule has 0 spiro atoms. The second-order valence-electron chi connectivity index (χ2n) is 4.78. The average molecular weight is 234 g/mol. The summed E-state index contributed by atoms with van der Waals surface area (Å²) in [5.41, 5.74) is -0.158. The zero-order chi connectivity index (χ0) is 13.1. The normalized spacial score (nSPS) is 11.0. The Morgan fingerprint density at radius 3 is 2.59 bits per heavy atom. The summed E-state index contributed by atoms with van der Waals surface area (Å²) in [6.07, 6.45) is 5.20. The molecule has 1 rings (SSSR count). The highest BCUT2D eigenvalue weighted by molar-refractivity contribution is 5.90. The van der Waals surface area contributed by atoms with Crippen molar-refractivity contribution in [2.75, 3.05) is 13.1 Å². The Bertz CT molecular complexity index is 436.